The van der Waals surface area contributed by atoms with Crippen molar-refractivity contribution in [3.63, 3.8) is 0 Å². The highest BCUT2D eigenvalue weighted by Gasteiger charge is 2.23. The number of Topliss-reactive ketones (excluding diaryl/α,β-unsaturated/α-hetero) is 1. The number of hydrogen-bond acceptors (Lipinski definition) is 5. The van der Waals surface area contributed by atoms with E-state index in [1.54, 1.807) is 31.4 Å². The van der Waals surface area contributed by atoms with Crippen molar-refractivity contribution in [1.82, 2.24) is 20.2 Å². The van der Waals surface area contributed by atoms with Crippen molar-refractivity contribution in [2.75, 3.05) is 7.11 Å². The number of aromatic nitrogens is 4. The van der Waals surface area contributed by atoms with E-state index in [-0.39, 0.29) is 5.78 Å². The predicted molar refractivity (Wildman–Crippen MR) is 94.6 cm³/mol. The molecule has 1 aromatic heterocycles. The molecule has 0 fully saturated rings. The van der Waals surface area contributed by atoms with Gasteiger partial charge in [0.2, 0.25) is 5.82 Å². The summed E-state index contributed by atoms with van der Waals surface area (Å²) in [6, 6.07) is 14.4. The van der Waals surface area contributed by atoms with Crippen molar-refractivity contribution in [1.29, 1.82) is 0 Å². The van der Waals surface area contributed by atoms with Gasteiger partial charge in [-0.1, -0.05) is 36.8 Å². The Morgan fingerprint density at radius 1 is 1.12 bits per heavy atom. The zero-order valence-corrected chi connectivity index (χ0v) is 14.5. The van der Waals surface area contributed by atoms with Gasteiger partial charge in [-0.25, -0.2) is 0 Å². The zero-order valence-electron chi connectivity index (χ0n) is 14.5. The molecule has 6 heteroatoms. The summed E-state index contributed by atoms with van der Waals surface area (Å²) < 4.78 is 5.13. The molecule has 0 saturated carbocycles. The summed E-state index contributed by atoms with van der Waals surface area (Å²) >= 11 is 0. The number of carbonyl (C=O) groups is 1. The molecular weight excluding hydrogens is 316 g/mol. The highest BCUT2D eigenvalue weighted by atomic mass is 16.5. The minimum absolute atomic E-state index is 0.0435. The first-order valence-electron chi connectivity index (χ1n) is 8.17. The molecule has 0 amide bonds. The molecule has 25 heavy (non-hydrogen) atoms. The second kappa shape index (κ2) is 7.25. The predicted octanol–water partition coefficient (Wildman–Crippen LogP) is 3.49. The van der Waals surface area contributed by atoms with Crippen LogP contribution >= 0.6 is 0 Å². The largest absolute Gasteiger partial charge is 0.497 e. The summed E-state index contributed by atoms with van der Waals surface area (Å²) in [5.74, 6) is 1.18. The Labute approximate surface area is 146 Å². The van der Waals surface area contributed by atoms with Crippen molar-refractivity contribution in [2.45, 2.75) is 26.3 Å². The fourth-order valence-corrected chi connectivity index (χ4v) is 2.58. The number of carbonyl (C=O) groups excluding carboxylic acids is 1. The van der Waals surface area contributed by atoms with Crippen LogP contribution in [0.2, 0.25) is 0 Å². The van der Waals surface area contributed by atoms with E-state index < -0.39 is 6.04 Å². The highest BCUT2D eigenvalue weighted by Crippen LogP contribution is 2.21. The Bertz CT molecular complexity index is 854. The standard InChI is InChI=1S/C19H20N4O2/c1-4-17(18(24)14-9-11-16(25-3)12-10-14)23-21-19(20-22-23)15-7-5-13(2)6-8-15/h5-12,17H,4H2,1-3H3. The van der Waals surface area contributed by atoms with Gasteiger partial charge in [-0.15, -0.1) is 10.2 Å². The number of tetrazole rings is 1. The first kappa shape index (κ1) is 16.8. The van der Waals surface area contributed by atoms with E-state index in [1.807, 2.05) is 38.1 Å². The van der Waals surface area contributed by atoms with E-state index >= 15 is 0 Å². The molecular formula is C19H20N4O2. The first-order chi connectivity index (χ1) is 12.1. The molecule has 0 saturated heterocycles. The molecule has 0 N–H and O–H groups in total. The van der Waals surface area contributed by atoms with Gasteiger partial charge in [0.15, 0.2) is 5.78 Å². The Kier molecular flexibility index (Phi) is 4.88. The fourth-order valence-electron chi connectivity index (χ4n) is 2.58. The summed E-state index contributed by atoms with van der Waals surface area (Å²) in [5.41, 5.74) is 2.64. The Morgan fingerprint density at radius 2 is 1.80 bits per heavy atom. The van der Waals surface area contributed by atoms with Crippen LogP contribution in [0.3, 0.4) is 0 Å². The number of rotatable bonds is 6. The molecule has 0 aliphatic rings. The van der Waals surface area contributed by atoms with Crippen LogP contribution in [0.4, 0.5) is 0 Å². The smallest absolute Gasteiger partial charge is 0.204 e. The molecule has 6 nitrogen and oxygen atoms in total. The van der Waals surface area contributed by atoms with Crippen LogP contribution in [0.1, 0.15) is 35.3 Å². The molecule has 0 bridgehead atoms. The molecule has 3 aromatic rings. The lowest BCUT2D eigenvalue weighted by Gasteiger charge is -2.12. The number of nitrogens with zero attached hydrogens (tertiary/aromatic N) is 4. The van der Waals surface area contributed by atoms with Gasteiger partial charge in [-0.05, 0) is 42.8 Å². The normalized spacial score (nSPS) is 12.0. The van der Waals surface area contributed by atoms with E-state index in [1.165, 1.54) is 4.80 Å². The monoisotopic (exact) mass is 336 g/mol. The average molecular weight is 336 g/mol. The van der Waals surface area contributed by atoms with Gasteiger partial charge in [0, 0.05) is 11.1 Å². The summed E-state index contributed by atoms with van der Waals surface area (Å²) in [5, 5.41) is 12.6. The van der Waals surface area contributed by atoms with E-state index in [9.17, 15) is 4.79 Å². The summed E-state index contributed by atoms with van der Waals surface area (Å²) in [6.45, 7) is 3.95. The molecule has 0 spiro atoms. The SMILES string of the molecule is CCC(C(=O)c1ccc(OC)cc1)n1nnc(-c2ccc(C)cc2)n1. The van der Waals surface area contributed by atoms with Crippen LogP contribution in [0.25, 0.3) is 11.4 Å². The van der Waals surface area contributed by atoms with Crippen LogP contribution in [0.5, 0.6) is 5.75 Å². The maximum absolute atomic E-state index is 12.8. The Balaban J connectivity index is 1.85. The molecule has 0 aliphatic carbocycles. The topological polar surface area (TPSA) is 69.9 Å². The lowest BCUT2D eigenvalue weighted by Crippen LogP contribution is -2.21. The van der Waals surface area contributed by atoms with Gasteiger partial charge < -0.3 is 4.74 Å². The summed E-state index contributed by atoms with van der Waals surface area (Å²) in [6.07, 6.45) is 0.578. The van der Waals surface area contributed by atoms with E-state index in [2.05, 4.69) is 15.4 Å². The third kappa shape index (κ3) is 3.57. The average Bonchev–Trinajstić information content (AvgIpc) is 3.12. The second-order valence-electron chi connectivity index (χ2n) is 5.82. The molecule has 0 aliphatic heterocycles. The zero-order chi connectivity index (χ0) is 17.8. The molecule has 2 aromatic carbocycles. The van der Waals surface area contributed by atoms with Crippen LogP contribution in [0, 0.1) is 6.92 Å². The number of aryl methyl sites for hydroxylation is 1. The Hall–Kier alpha value is -3.02. The number of methoxy groups -OCH3 is 1. The number of ketones is 1. The third-order valence-corrected chi connectivity index (χ3v) is 4.08. The molecule has 1 atom stereocenters. The summed E-state index contributed by atoms with van der Waals surface area (Å²) in [4.78, 5) is 14.2. The van der Waals surface area contributed by atoms with Gasteiger partial charge in [0.05, 0.1) is 7.11 Å². The van der Waals surface area contributed by atoms with Gasteiger partial charge >= 0.3 is 0 Å². The van der Waals surface area contributed by atoms with Gasteiger partial charge in [-0.3, -0.25) is 4.79 Å². The van der Waals surface area contributed by atoms with Crippen LogP contribution in [0.15, 0.2) is 48.5 Å². The fraction of sp³-hybridized carbons (Fsp3) is 0.263. The molecule has 0 radical (unpaired) electrons. The third-order valence-electron chi connectivity index (χ3n) is 4.08. The maximum atomic E-state index is 12.8. The second-order valence-corrected chi connectivity index (χ2v) is 5.82. The van der Waals surface area contributed by atoms with E-state index in [4.69, 9.17) is 4.74 Å². The van der Waals surface area contributed by atoms with Crippen LogP contribution < -0.4 is 4.74 Å². The van der Waals surface area contributed by atoms with Crippen LogP contribution in [-0.4, -0.2) is 33.1 Å². The lowest BCUT2D eigenvalue weighted by molar-refractivity contribution is 0.0903. The van der Waals surface area contributed by atoms with Crippen molar-refractivity contribution in [3.8, 4) is 17.1 Å². The van der Waals surface area contributed by atoms with Gasteiger partial charge in [0.25, 0.3) is 0 Å². The van der Waals surface area contributed by atoms with E-state index in [0.717, 1.165) is 11.1 Å². The van der Waals surface area contributed by atoms with E-state index in [0.29, 0.717) is 23.6 Å². The molecule has 128 valence electrons. The van der Waals surface area contributed by atoms with Crippen LogP contribution in [-0.2, 0) is 0 Å². The maximum Gasteiger partial charge on any atom is 0.204 e. The number of ether oxygens (including phenoxy) is 1. The lowest BCUT2D eigenvalue weighted by atomic mass is 10.0. The first-order valence-corrected chi connectivity index (χ1v) is 8.17. The van der Waals surface area contributed by atoms with Crippen molar-refractivity contribution in [3.05, 3.63) is 59.7 Å². The minimum atomic E-state index is -0.486. The van der Waals surface area contributed by atoms with Gasteiger partial charge in [-0.2, -0.15) is 4.80 Å². The number of benzene rings is 2. The van der Waals surface area contributed by atoms with Crippen molar-refractivity contribution >= 4 is 5.78 Å². The quantitative estimate of drug-likeness (QED) is 0.644. The van der Waals surface area contributed by atoms with Crippen molar-refractivity contribution in [2.24, 2.45) is 0 Å². The van der Waals surface area contributed by atoms with Gasteiger partial charge in [0.1, 0.15) is 11.8 Å². The molecule has 3 rings (SSSR count). The molecule has 1 heterocycles. The summed E-state index contributed by atoms with van der Waals surface area (Å²) in [7, 11) is 1.59. The number of hydrogen-bond donors (Lipinski definition) is 0. The Morgan fingerprint density at radius 3 is 2.40 bits per heavy atom. The van der Waals surface area contributed by atoms with Crippen molar-refractivity contribution < 1.29 is 9.53 Å². The minimum Gasteiger partial charge on any atom is -0.497 e. The highest BCUT2D eigenvalue weighted by molar-refractivity contribution is 5.98. The molecule has 1 unspecified atom stereocenters.